The van der Waals surface area contributed by atoms with Crippen LogP contribution in [-0.2, 0) is 24.9 Å². The van der Waals surface area contributed by atoms with Gasteiger partial charge < -0.3 is 9.84 Å². The predicted octanol–water partition coefficient (Wildman–Crippen LogP) is 8.03. The number of aliphatic hydroxyl groups excluding tert-OH is 1. The van der Waals surface area contributed by atoms with Gasteiger partial charge in [-0.3, -0.25) is 9.78 Å². The summed E-state index contributed by atoms with van der Waals surface area (Å²) in [6.07, 6.45) is 1.33. The Morgan fingerprint density at radius 1 is 0.917 bits per heavy atom. The van der Waals surface area contributed by atoms with Crippen molar-refractivity contribution < 1.29 is 34.7 Å². The smallest absolute Gasteiger partial charge is 0.164 e. The van der Waals surface area contributed by atoms with Gasteiger partial charge in [0.2, 0.25) is 0 Å². The molecular weight excluding hydrogens is 627 g/mol. The summed E-state index contributed by atoms with van der Waals surface area (Å²) < 4.78 is 5.27. The molecule has 0 unspecified atom stereocenters. The van der Waals surface area contributed by atoms with Crippen LogP contribution in [-0.4, -0.2) is 23.0 Å². The van der Waals surface area contributed by atoms with E-state index >= 15 is 0 Å². The number of hydrogen-bond acceptors (Lipinski definition) is 4. The van der Waals surface area contributed by atoms with Gasteiger partial charge in [0.25, 0.3) is 0 Å². The van der Waals surface area contributed by atoms with Crippen molar-refractivity contribution in [2.45, 2.75) is 69.2 Å². The molecule has 0 saturated heterocycles. The number of fused-ring (bicyclic) bond motifs is 1. The SMILES string of the molecule is CC(C)(C)C(=O)/C=C(\O)C(C)(C)C.COc1ccc2nc(-c3[c-]c(C)c(C)c(C)c3C)ccc2c1.[Ir]. The van der Waals surface area contributed by atoms with Crippen LogP contribution in [0.5, 0.6) is 5.75 Å². The Hall–Kier alpha value is -2.49. The summed E-state index contributed by atoms with van der Waals surface area (Å²) in [6, 6.07) is 13.6. The van der Waals surface area contributed by atoms with Crippen LogP contribution in [0.15, 0.2) is 42.2 Å². The van der Waals surface area contributed by atoms with Crippen molar-refractivity contribution in [3.8, 4) is 17.0 Å². The van der Waals surface area contributed by atoms with Crippen molar-refractivity contribution in [1.29, 1.82) is 0 Å². The fourth-order valence-corrected chi connectivity index (χ4v) is 3.31. The first kappa shape index (κ1) is 31.5. The second-order valence-electron chi connectivity index (χ2n) is 11.1. The van der Waals surface area contributed by atoms with E-state index in [0.29, 0.717) is 0 Å². The summed E-state index contributed by atoms with van der Waals surface area (Å²) in [5.74, 6) is 0.958. The van der Waals surface area contributed by atoms with E-state index in [4.69, 9.17) is 9.72 Å². The first-order chi connectivity index (χ1) is 16.1. The van der Waals surface area contributed by atoms with Gasteiger partial charge in [0.15, 0.2) is 5.78 Å². The van der Waals surface area contributed by atoms with E-state index in [1.54, 1.807) is 7.11 Å². The number of aliphatic hydroxyl groups is 1. The fourth-order valence-electron chi connectivity index (χ4n) is 3.31. The molecule has 1 N–H and O–H groups in total. The maximum Gasteiger partial charge on any atom is 0.164 e. The maximum absolute atomic E-state index is 11.5. The Balaban J connectivity index is 0.000000402. The van der Waals surface area contributed by atoms with Crippen molar-refractivity contribution in [3.05, 3.63) is 70.5 Å². The molecule has 0 saturated carbocycles. The van der Waals surface area contributed by atoms with Crippen LogP contribution in [0.1, 0.15) is 63.8 Å². The van der Waals surface area contributed by atoms with Gasteiger partial charge in [-0.25, -0.2) is 0 Å². The van der Waals surface area contributed by atoms with Crippen molar-refractivity contribution in [1.82, 2.24) is 4.98 Å². The predicted molar refractivity (Wildman–Crippen MR) is 146 cm³/mol. The van der Waals surface area contributed by atoms with E-state index in [1.807, 2.05) is 59.7 Å². The third-order valence-electron chi connectivity index (χ3n) is 6.30. The molecule has 0 amide bonds. The van der Waals surface area contributed by atoms with Crippen LogP contribution in [0, 0.1) is 44.6 Å². The van der Waals surface area contributed by atoms with E-state index < -0.39 is 5.41 Å². The number of allylic oxidation sites excluding steroid dienone is 2. The van der Waals surface area contributed by atoms with Crippen LogP contribution in [0.25, 0.3) is 22.2 Å². The number of carbonyl (C=O) groups excluding carboxylic acids is 1. The average Bonchev–Trinajstić information content (AvgIpc) is 2.78. The third kappa shape index (κ3) is 7.75. The Morgan fingerprint density at radius 3 is 2.06 bits per heavy atom. The molecule has 0 spiro atoms. The van der Waals surface area contributed by atoms with Crippen LogP contribution in [0.2, 0.25) is 0 Å². The molecule has 1 aromatic heterocycles. The van der Waals surface area contributed by atoms with Gasteiger partial charge in [-0.05, 0) is 23.9 Å². The number of pyridine rings is 1. The quantitative estimate of drug-likeness (QED) is 0.175. The molecule has 1 heterocycles. The van der Waals surface area contributed by atoms with E-state index in [0.717, 1.165) is 27.9 Å². The topological polar surface area (TPSA) is 59.4 Å². The Bertz CT molecular complexity index is 1260. The van der Waals surface area contributed by atoms with Gasteiger partial charge in [0, 0.05) is 42.4 Å². The summed E-state index contributed by atoms with van der Waals surface area (Å²) in [6.45, 7) is 19.7. The Labute approximate surface area is 230 Å². The number of nitrogens with zero attached hydrogens (tertiary/aromatic N) is 1. The maximum atomic E-state index is 11.5. The van der Waals surface area contributed by atoms with Gasteiger partial charge in [0.05, 0.1) is 12.6 Å². The summed E-state index contributed by atoms with van der Waals surface area (Å²) in [7, 11) is 1.68. The monoisotopic (exact) mass is 667 g/mol. The van der Waals surface area contributed by atoms with E-state index in [1.165, 1.54) is 28.3 Å². The molecule has 5 heteroatoms. The molecule has 36 heavy (non-hydrogen) atoms. The first-order valence-electron chi connectivity index (χ1n) is 12.0. The van der Waals surface area contributed by atoms with Gasteiger partial charge in [-0.2, -0.15) is 0 Å². The molecule has 0 aliphatic carbocycles. The number of methoxy groups -OCH3 is 1. The number of aryl methyl sites for hydroxylation is 1. The number of ether oxygens (including phenoxy) is 1. The molecule has 0 atom stereocenters. The standard InChI is InChI=1S/C20H20NO.C11H20O2.Ir/c1-12-10-18(15(4)14(3)13(12)2)20-8-6-16-11-17(22-5)7-9-19(16)21-20;1-10(2,3)8(12)7-9(13)11(4,5)6;/h6-9,11H,1-5H3;7,12H,1-6H3;/q-1;;/b;8-7-;. The van der Waals surface area contributed by atoms with Crippen LogP contribution in [0.3, 0.4) is 0 Å². The third-order valence-corrected chi connectivity index (χ3v) is 6.30. The second kappa shape index (κ2) is 12.2. The van der Waals surface area contributed by atoms with Gasteiger partial charge >= 0.3 is 0 Å². The van der Waals surface area contributed by atoms with Crippen LogP contribution < -0.4 is 4.74 Å². The van der Waals surface area contributed by atoms with Crippen molar-refractivity contribution in [2.24, 2.45) is 10.8 Å². The van der Waals surface area contributed by atoms with Gasteiger partial charge in [0.1, 0.15) is 11.5 Å². The zero-order chi connectivity index (χ0) is 26.7. The summed E-state index contributed by atoms with van der Waals surface area (Å²) in [5, 5.41) is 10.6. The molecular formula is C31H40IrNO3-. The first-order valence-corrected chi connectivity index (χ1v) is 12.0. The number of ketones is 1. The molecule has 3 aromatic rings. The minimum Gasteiger partial charge on any atom is -0.512 e. The molecule has 0 fully saturated rings. The summed E-state index contributed by atoms with van der Waals surface area (Å²) >= 11 is 0. The number of benzene rings is 2. The van der Waals surface area contributed by atoms with Gasteiger partial charge in [-0.15, -0.1) is 33.9 Å². The largest absolute Gasteiger partial charge is 0.512 e. The molecule has 2 aromatic carbocycles. The normalized spacial score (nSPS) is 11.9. The molecule has 4 nitrogen and oxygen atoms in total. The van der Waals surface area contributed by atoms with Crippen molar-refractivity contribution >= 4 is 16.7 Å². The zero-order valence-electron chi connectivity index (χ0n) is 23.5. The zero-order valence-corrected chi connectivity index (χ0v) is 25.9. The summed E-state index contributed by atoms with van der Waals surface area (Å²) in [4.78, 5) is 16.3. The van der Waals surface area contributed by atoms with Crippen molar-refractivity contribution in [3.63, 3.8) is 0 Å². The van der Waals surface area contributed by atoms with Crippen molar-refractivity contribution in [2.75, 3.05) is 7.11 Å². The molecule has 3 rings (SSSR count). The molecule has 0 aliphatic rings. The number of carbonyl (C=O) groups is 1. The Morgan fingerprint density at radius 2 is 1.53 bits per heavy atom. The molecule has 0 aliphatic heterocycles. The van der Waals surface area contributed by atoms with Crippen LogP contribution in [0.4, 0.5) is 0 Å². The summed E-state index contributed by atoms with van der Waals surface area (Å²) in [5.41, 5.74) is 7.36. The number of hydrogen-bond donors (Lipinski definition) is 1. The average molecular weight is 667 g/mol. The van der Waals surface area contributed by atoms with Crippen LogP contribution >= 0.6 is 0 Å². The Kier molecular flexibility index (Phi) is 10.7. The molecule has 1 radical (unpaired) electrons. The minimum atomic E-state index is -0.417. The molecule has 0 bridgehead atoms. The molecule has 197 valence electrons. The van der Waals surface area contributed by atoms with E-state index in [9.17, 15) is 9.90 Å². The van der Waals surface area contributed by atoms with Gasteiger partial charge in [-0.1, -0.05) is 81.4 Å². The fraction of sp³-hybridized carbons (Fsp3) is 0.419. The number of aromatic nitrogens is 1. The second-order valence-corrected chi connectivity index (χ2v) is 11.1. The minimum absolute atomic E-state index is 0. The van der Waals surface area contributed by atoms with E-state index in [-0.39, 0.29) is 37.1 Å². The number of rotatable bonds is 3. The van der Waals surface area contributed by atoms with E-state index in [2.05, 4.69) is 45.9 Å².